The van der Waals surface area contributed by atoms with Crippen LogP contribution in [0.2, 0.25) is 0 Å². The number of nitrogens with zero attached hydrogens (tertiary/aromatic N) is 1. The van der Waals surface area contributed by atoms with Crippen LogP contribution in [0.4, 0.5) is 0 Å². The molecule has 3 heterocycles. The van der Waals surface area contributed by atoms with Crippen molar-refractivity contribution in [2.75, 3.05) is 33.3 Å². The van der Waals surface area contributed by atoms with Crippen LogP contribution in [0.5, 0.6) is 0 Å². The summed E-state index contributed by atoms with van der Waals surface area (Å²) in [5.41, 5.74) is 0.817. The molecule has 1 spiro atoms. The largest absolute Gasteiger partial charge is 0.370 e. The molecule has 0 radical (unpaired) electrons. The zero-order chi connectivity index (χ0) is 19.1. The molecule has 2 aliphatic heterocycles. The van der Waals surface area contributed by atoms with Gasteiger partial charge in [0.2, 0.25) is 5.91 Å². The van der Waals surface area contributed by atoms with Crippen molar-refractivity contribution in [2.45, 2.75) is 56.6 Å². The molecule has 1 aromatic heterocycles. The third-order valence-corrected chi connectivity index (χ3v) is 7.55. The van der Waals surface area contributed by atoms with E-state index in [2.05, 4.69) is 23.6 Å². The van der Waals surface area contributed by atoms with Crippen molar-refractivity contribution >= 4 is 35.6 Å². The van der Waals surface area contributed by atoms with Gasteiger partial charge in [0, 0.05) is 29.9 Å². The van der Waals surface area contributed by atoms with Gasteiger partial charge < -0.3 is 20.3 Å². The highest BCUT2D eigenvalue weighted by atomic mass is 35.5. The van der Waals surface area contributed by atoms with E-state index in [0.29, 0.717) is 26.2 Å². The van der Waals surface area contributed by atoms with Crippen LogP contribution < -0.4 is 10.6 Å². The highest BCUT2D eigenvalue weighted by Gasteiger charge is 2.43. The third kappa shape index (κ3) is 3.95. The Hall–Kier alpha value is -1.15. The standard InChI is InChI=1S/C20H29N3O3S.ClH/c1-19(5-3-6-19)22-18(25)16-12-14-15(27-16)4-11-26-20(14)7-9-23(10-8-20)17(24)13-21-2;/h12,21H,3-11,13H2,1-2H3,(H,22,25);1H. The lowest BCUT2D eigenvalue weighted by Crippen LogP contribution is -2.50. The van der Waals surface area contributed by atoms with Crippen LogP contribution in [0.25, 0.3) is 0 Å². The van der Waals surface area contributed by atoms with Crippen molar-refractivity contribution in [1.29, 1.82) is 0 Å². The number of carbonyl (C=O) groups is 2. The number of likely N-dealkylation sites (tertiary alicyclic amines) is 1. The summed E-state index contributed by atoms with van der Waals surface area (Å²) in [7, 11) is 1.79. The van der Waals surface area contributed by atoms with E-state index in [-0.39, 0.29) is 35.4 Å². The second-order valence-corrected chi connectivity index (χ2v) is 9.46. The van der Waals surface area contributed by atoms with E-state index in [1.165, 1.54) is 16.9 Å². The number of thiophene rings is 1. The number of nitrogens with one attached hydrogen (secondary N) is 2. The van der Waals surface area contributed by atoms with Gasteiger partial charge in [-0.25, -0.2) is 0 Å². The fourth-order valence-electron chi connectivity index (χ4n) is 4.49. The topological polar surface area (TPSA) is 70.7 Å². The van der Waals surface area contributed by atoms with E-state index in [9.17, 15) is 9.59 Å². The molecule has 3 aliphatic rings. The minimum atomic E-state index is -0.334. The van der Waals surface area contributed by atoms with Gasteiger partial charge in [-0.1, -0.05) is 0 Å². The molecule has 0 atom stereocenters. The lowest BCUT2D eigenvalue weighted by atomic mass is 9.78. The van der Waals surface area contributed by atoms with Gasteiger partial charge in [-0.15, -0.1) is 23.7 Å². The average molecular weight is 428 g/mol. The number of ether oxygens (including phenoxy) is 1. The fraction of sp³-hybridized carbons (Fsp3) is 0.700. The van der Waals surface area contributed by atoms with E-state index in [1.807, 2.05) is 4.90 Å². The van der Waals surface area contributed by atoms with E-state index >= 15 is 0 Å². The minimum absolute atomic E-state index is 0. The smallest absolute Gasteiger partial charge is 0.261 e. The van der Waals surface area contributed by atoms with Crippen molar-refractivity contribution in [2.24, 2.45) is 0 Å². The third-order valence-electron chi connectivity index (χ3n) is 6.36. The van der Waals surface area contributed by atoms with Crippen LogP contribution in [0.3, 0.4) is 0 Å². The molecule has 1 saturated heterocycles. The molecule has 0 unspecified atom stereocenters. The Morgan fingerprint density at radius 1 is 1.25 bits per heavy atom. The van der Waals surface area contributed by atoms with Crippen LogP contribution in [-0.2, 0) is 21.6 Å². The lowest BCUT2D eigenvalue weighted by Gasteiger charge is -2.44. The molecule has 4 rings (SSSR count). The molecule has 0 aromatic carbocycles. The molecule has 2 amide bonds. The molecule has 2 N–H and O–H groups in total. The van der Waals surface area contributed by atoms with Crippen LogP contribution >= 0.6 is 23.7 Å². The molecule has 6 nitrogen and oxygen atoms in total. The van der Waals surface area contributed by atoms with Crippen LogP contribution in [-0.4, -0.2) is 55.5 Å². The van der Waals surface area contributed by atoms with E-state index in [1.54, 1.807) is 18.4 Å². The second-order valence-electron chi connectivity index (χ2n) is 8.32. The molecule has 28 heavy (non-hydrogen) atoms. The number of piperidine rings is 1. The summed E-state index contributed by atoms with van der Waals surface area (Å²) < 4.78 is 6.27. The van der Waals surface area contributed by atoms with Gasteiger partial charge >= 0.3 is 0 Å². The summed E-state index contributed by atoms with van der Waals surface area (Å²) in [4.78, 5) is 28.9. The van der Waals surface area contributed by atoms with Gasteiger partial charge in [-0.3, -0.25) is 9.59 Å². The Morgan fingerprint density at radius 2 is 1.96 bits per heavy atom. The molecule has 1 aromatic rings. The summed E-state index contributed by atoms with van der Waals surface area (Å²) in [6, 6.07) is 2.06. The molecule has 1 aliphatic carbocycles. The highest BCUT2D eigenvalue weighted by molar-refractivity contribution is 7.14. The van der Waals surface area contributed by atoms with Crippen molar-refractivity contribution < 1.29 is 14.3 Å². The number of rotatable bonds is 4. The Bertz CT molecular complexity index is 739. The van der Waals surface area contributed by atoms with E-state index < -0.39 is 0 Å². The zero-order valence-corrected chi connectivity index (χ0v) is 18.3. The first-order valence-corrected chi connectivity index (χ1v) is 10.8. The molecular formula is C20H30ClN3O3S. The zero-order valence-electron chi connectivity index (χ0n) is 16.6. The molecule has 1 saturated carbocycles. The van der Waals surface area contributed by atoms with Crippen LogP contribution in [0, 0.1) is 0 Å². The summed E-state index contributed by atoms with van der Waals surface area (Å²) in [5, 5.41) is 6.15. The van der Waals surface area contributed by atoms with Gasteiger partial charge in [0.15, 0.2) is 0 Å². The highest BCUT2D eigenvalue weighted by Crippen LogP contribution is 2.44. The van der Waals surface area contributed by atoms with Crippen molar-refractivity contribution in [3.63, 3.8) is 0 Å². The maximum atomic E-state index is 12.8. The summed E-state index contributed by atoms with van der Waals surface area (Å²) in [5.74, 6) is 0.191. The number of hydrogen-bond donors (Lipinski definition) is 2. The number of fused-ring (bicyclic) bond motifs is 2. The normalized spacial score (nSPS) is 22.0. The lowest BCUT2D eigenvalue weighted by molar-refractivity contribution is -0.139. The fourth-order valence-corrected chi connectivity index (χ4v) is 5.62. The average Bonchev–Trinajstić information content (AvgIpc) is 3.07. The minimum Gasteiger partial charge on any atom is -0.370 e. The van der Waals surface area contributed by atoms with Crippen molar-refractivity contribution in [3.05, 3.63) is 21.4 Å². The van der Waals surface area contributed by atoms with Crippen LogP contribution in [0.1, 0.15) is 59.1 Å². The molecule has 156 valence electrons. The summed E-state index contributed by atoms with van der Waals surface area (Å²) in [6.07, 6.45) is 5.78. The Labute approximate surface area is 176 Å². The first kappa shape index (κ1) is 21.6. The van der Waals surface area contributed by atoms with Gasteiger partial charge in [0.25, 0.3) is 5.91 Å². The predicted octanol–water partition coefficient (Wildman–Crippen LogP) is 2.45. The first-order chi connectivity index (χ1) is 12.9. The van der Waals surface area contributed by atoms with Gasteiger partial charge in [0.05, 0.1) is 23.6 Å². The van der Waals surface area contributed by atoms with Gasteiger partial charge in [-0.05, 0) is 57.7 Å². The van der Waals surface area contributed by atoms with Crippen LogP contribution in [0.15, 0.2) is 6.07 Å². The number of carbonyl (C=O) groups excluding carboxylic acids is 2. The Morgan fingerprint density at radius 3 is 2.57 bits per heavy atom. The van der Waals surface area contributed by atoms with E-state index in [4.69, 9.17) is 4.74 Å². The van der Waals surface area contributed by atoms with Crippen molar-refractivity contribution in [1.82, 2.24) is 15.5 Å². The number of amides is 2. The predicted molar refractivity (Wildman–Crippen MR) is 112 cm³/mol. The maximum absolute atomic E-state index is 12.8. The van der Waals surface area contributed by atoms with Gasteiger partial charge in [0.1, 0.15) is 0 Å². The first-order valence-electron chi connectivity index (χ1n) is 9.97. The van der Waals surface area contributed by atoms with E-state index in [0.717, 1.165) is 37.0 Å². The SMILES string of the molecule is CNCC(=O)N1CCC2(CC1)OCCc1sc(C(=O)NC3(C)CCC3)cc12.Cl. The number of hydrogen-bond acceptors (Lipinski definition) is 5. The van der Waals surface area contributed by atoms with Crippen molar-refractivity contribution in [3.8, 4) is 0 Å². The second kappa shape index (κ2) is 8.30. The summed E-state index contributed by atoms with van der Waals surface area (Å²) in [6.45, 7) is 4.60. The quantitative estimate of drug-likeness (QED) is 0.774. The Balaban J connectivity index is 0.00000225. The molecule has 2 fully saturated rings. The Kier molecular flexibility index (Phi) is 6.39. The molecule has 8 heteroatoms. The monoisotopic (exact) mass is 427 g/mol. The number of halogens is 1. The number of likely N-dealkylation sites (N-methyl/N-ethyl adjacent to an activating group) is 1. The maximum Gasteiger partial charge on any atom is 0.261 e. The molecular weight excluding hydrogens is 398 g/mol. The van der Waals surface area contributed by atoms with Gasteiger partial charge in [-0.2, -0.15) is 0 Å². The molecule has 0 bridgehead atoms. The summed E-state index contributed by atoms with van der Waals surface area (Å²) >= 11 is 1.62.